The number of aromatic nitrogens is 1. The number of oxazole rings is 1. The normalized spacial score (nSPS) is 18.2. The number of nitrogens with two attached hydrogens (primary N) is 1. The van der Waals surface area contributed by atoms with E-state index >= 15 is 0 Å². The molecule has 1 aliphatic heterocycles. The predicted molar refractivity (Wildman–Crippen MR) is 90.1 cm³/mol. The van der Waals surface area contributed by atoms with E-state index < -0.39 is 0 Å². The monoisotopic (exact) mass is 301 g/mol. The molecule has 4 heteroatoms. The van der Waals surface area contributed by atoms with Crippen molar-refractivity contribution in [3.8, 4) is 0 Å². The smallest absolute Gasteiger partial charge is 0.198 e. The summed E-state index contributed by atoms with van der Waals surface area (Å²) in [7, 11) is 0. The van der Waals surface area contributed by atoms with E-state index in [2.05, 4.69) is 43.9 Å². The van der Waals surface area contributed by atoms with Crippen LogP contribution in [0, 0.1) is 0 Å². The number of hydrogen-bond donors (Lipinski definition) is 1. The lowest BCUT2D eigenvalue weighted by molar-refractivity contribution is 0.171. The van der Waals surface area contributed by atoms with Crippen LogP contribution in [0.4, 0.5) is 0 Å². The molecule has 0 amide bonds. The maximum atomic E-state index is 6.12. The Hall–Kier alpha value is -1.39. The zero-order valence-electron chi connectivity index (χ0n) is 13.9. The van der Waals surface area contributed by atoms with Crippen LogP contribution in [0.3, 0.4) is 0 Å². The minimum Gasteiger partial charge on any atom is -0.440 e. The molecule has 4 nitrogen and oxygen atoms in total. The van der Waals surface area contributed by atoms with Crippen LogP contribution in [0.1, 0.15) is 51.0 Å². The molecule has 0 bridgehead atoms. The van der Waals surface area contributed by atoms with Crippen LogP contribution in [0.25, 0.3) is 11.1 Å². The van der Waals surface area contributed by atoms with E-state index in [1.165, 1.54) is 5.56 Å². The fourth-order valence-electron chi connectivity index (χ4n) is 3.30. The fraction of sp³-hybridized carbons (Fsp3) is 0.611. The Morgan fingerprint density at radius 1 is 1.32 bits per heavy atom. The third kappa shape index (κ3) is 3.50. The summed E-state index contributed by atoms with van der Waals surface area (Å²) in [5.41, 5.74) is 9.22. The van der Waals surface area contributed by atoms with E-state index in [9.17, 15) is 0 Å². The van der Waals surface area contributed by atoms with Crippen molar-refractivity contribution < 1.29 is 4.42 Å². The Labute approximate surface area is 132 Å². The van der Waals surface area contributed by atoms with Crippen LogP contribution in [0.15, 0.2) is 22.6 Å². The molecule has 1 fully saturated rings. The van der Waals surface area contributed by atoms with Crippen molar-refractivity contribution in [2.24, 2.45) is 5.73 Å². The van der Waals surface area contributed by atoms with E-state index in [0.29, 0.717) is 5.92 Å². The highest BCUT2D eigenvalue weighted by Crippen LogP contribution is 2.30. The Morgan fingerprint density at radius 2 is 2.05 bits per heavy atom. The van der Waals surface area contributed by atoms with Gasteiger partial charge in [-0.2, -0.15) is 0 Å². The molecule has 120 valence electrons. The van der Waals surface area contributed by atoms with E-state index in [1.807, 2.05) is 0 Å². The zero-order chi connectivity index (χ0) is 15.7. The van der Waals surface area contributed by atoms with Gasteiger partial charge >= 0.3 is 0 Å². The number of fused-ring (bicyclic) bond motifs is 1. The van der Waals surface area contributed by atoms with Crippen molar-refractivity contribution >= 4 is 11.1 Å². The molecule has 0 spiro atoms. The lowest BCUT2D eigenvalue weighted by Crippen LogP contribution is -2.47. The molecule has 1 saturated heterocycles. The number of piperidine rings is 1. The minimum atomic E-state index is -0.124. The Morgan fingerprint density at radius 3 is 2.68 bits per heavy atom. The first-order valence-corrected chi connectivity index (χ1v) is 8.35. The van der Waals surface area contributed by atoms with Crippen molar-refractivity contribution in [1.29, 1.82) is 0 Å². The number of rotatable bonds is 4. The lowest BCUT2D eigenvalue weighted by atomic mass is 9.95. The number of hydrogen-bond acceptors (Lipinski definition) is 4. The van der Waals surface area contributed by atoms with Gasteiger partial charge in [0.15, 0.2) is 11.5 Å². The van der Waals surface area contributed by atoms with Crippen LogP contribution in [-0.2, 0) is 6.42 Å². The molecule has 0 unspecified atom stereocenters. The SMILES string of the molecule is CCc1ccc2oc(C3CCN(CC(C)(C)N)CC3)nc2c1. The molecule has 0 aliphatic carbocycles. The lowest BCUT2D eigenvalue weighted by Gasteiger charge is -2.34. The van der Waals surface area contributed by atoms with Gasteiger partial charge in [0.2, 0.25) is 0 Å². The number of likely N-dealkylation sites (tertiary alicyclic amines) is 1. The largest absolute Gasteiger partial charge is 0.440 e. The maximum absolute atomic E-state index is 6.12. The van der Waals surface area contributed by atoms with Crippen molar-refractivity contribution in [2.45, 2.75) is 51.5 Å². The molecule has 1 aromatic carbocycles. The zero-order valence-corrected chi connectivity index (χ0v) is 13.9. The second kappa shape index (κ2) is 6.01. The number of nitrogens with zero attached hydrogens (tertiary/aromatic N) is 2. The van der Waals surface area contributed by atoms with Crippen molar-refractivity contribution in [1.82, 2.24) is 9.88 Å². The average molecular weight is 301 g/mol. The van der Waals surface area contributed by atoms with Gasteiger partial charge in [0.1, 0.15) is 5.52 Å². The summed E-state index contributed by atoms with van der Waals surface area (Å²) in [5.74, 6) is 1.35. The first-order valence-electron chi connectivity index (χ1n) is 8.35. The van der Waals surface area contributed by atoms with E-state index in [-0.39, 0.29) is 5.54 Å². The summed E-state index contributed by atoms with van der Waals surface area (Å²) >= 11 is 0. The molecule has 22 heavy (non-hydrogen) atoms. The molecule has 2 heterocycles. The standard InChI is InChI=1S/C18H27N3O/c1-4-13-5-6-16-15(11-13)20-17(22-16)14-7-9-21(10-8-14)12-18(2,3)19/h5-6,11,14H,4,7-10,12,19H2,1-3H3. The van der Waals surface area contributed by atoms with Gasteiger partial charge in [-0.15, -0.1) is 0 Å². The van der Waals surface area contributed by atoms with Crippen LogP contribution >= 0.6 is 0 Å². The first kappa shape index (κ1) is 15.5. The number of aryl methyl sites for hydroxylation is 1. The van der Waals surface area contributed by atoms with Crippen LogP contribution in [-0.4, -0.2) is 35.1 Å². The van der Waals surface area contributed by atoms with Crippen molar-refractivity contribution in [2.75, 3.05) is 19.6 Å². The molecule has 0 atom stereocenters. The third-order valence-corrected chi connectivity index (χ3v) is 4.44. The van der Waals surface area contributed by atoms with Gasteiger partial charge < -0.3 is 15.1 Å². The van der Waals surface area contributed by atoms with Gasteiger partial charge in [-0.25, -0.2) is 4.98 Å². The summed E-state index contributed by atoms with van der Waals surface area (Å²) < 4.78 is 5.99. The summed E-state index contributed by atoms with van der Waals surface area (Å²) in [6.07, 6.45) is 3.23. The predicted octanol–water partition coefficient (Wildman–Crippen LogP) is 3.31. The molecule has 1 aromatic heterocycles. The van der Waals surface area contributed by atoms with Crippen LogP contribution in [0.2, 0.25) is 0 Å². The Kier molecular flexibility index (Phi) is 4.24. The highest BCUT2D eigenvalue weighted by Gasteiger charge is 2.26. The molecule has 2 aromatic rings. The Balaban J connectivity index is 1.68. The second-order valence-electron chi connectivity index (χ2n) is 7.25. The topological polar surface area (TPSA) is 55.3 Å². The van der Waals surface area contributed by atoms with Gasteiger partial charge in [-0.05, 0) is 63.9 Å². The van der Waals surface area contributed by atoms with Gasteiger partial charge in [0.25, 0.3) is 0 Å². The van der Waals surface area contributed by atoms with E-state index in [4.69, 9.17) is 15.1 Å². The quantitative estimate of drug-likeness (QED) is 0.941. The minimum absolute atomic E-state index is 0.124. The van der Waals surface area contributed by atoms with Crippen molar-refractivity contribution in [3.05, 3.63) is 29.7 Å². The summed E-state index contributed by atoms with van der Waals surface area (Å²) in [5, 5.41) is 0. The van der Waals surface area contributed by atoms with Gasteiger partial charge in [0, 0.05) is 18.0 Å². The molecule has 0 radical (unpaired) electrons. The Bertz CT molecular complexity index is 633. The fourth-order valence-corrected chi connectivity index (χ4v) is 3.30. The molecule has 1 aliphatic rings. The second-order valence-corrected chi connectivity index (χ2v) is 7.25. The van der Waals surface area contributed by atoms with E-state index in [0.717, 1.165) is 55.9 Å². The van der Waals surface area contributed by atoms with Gasteiger partial charge in [-0.1, -0.05) is 13.0 Å². The summed E-state index contributed by atoms with van der Waals surface area (Å²) in [6, 6.07) is 6.33. The van der Waals surface area contributed by atoms with E-state index in [1.54, 1.807) is 0 Å². The summed E-state index contributed by atoms with van der Waals surface area (Å²) in [4.78, 5) is 7.19. The van der Waals surface area contributed by atoms with Crippen molar-refractivity contribution in [3.63, 3.8) is 0 Å². The first-order chi connectivity index (χ1) is 10.4. The average Bonchev–Trinajstić information content (AvgIpc) is 2.89. The molecule has 0 saturated carbocycles. The highest BCUT2D eigenvalue weighted by atomic mass is 16.3. The van der Waals surface area contributed by atoms with Crippen LogP contribution < -0.4 is 5.73 Å². The molecular formula is C18H27N3O. The third-order valence-electron chi connectivity index (χ3n) is 4.44. The van der Waals surface area contributed by atoms with Gasteiger partial charge in [-0.3, -0.25) is 0 Å². The van der Waals surface area contributed by atoms with Gasteiger partial charge in [0.05, 0.1) is 0 Å². The molecule has 3 rings (SSSR count). The van der Waals surface area contributed by atoms with Crippen LogP contribution in [0.5, 0.6) is 0 Å². The number of benzene rings is 1. The highest BCUT2D eigenvalue weighted by molar-refractivity contribution is 5.73. The molecule has 2 N–H and O–H groups in total. The maximum Gasteiger partial charge on any atom is 0.198 e. The summed E-state index contributed by atoms with van der Waals surface area (Å²) in [6.45, 7) is 9.44. The molecular weight excluding hydrogens is 274 g/mol.